The molecule has 96 valence electrons. The van der Waals surface area contributed by atoms with Crippen LogP contribution in [-0.2, 0) is 0 Å². The van der Waals surface area contributed by atoms with Crippen molar-refractivity contribution in [2.24, 2.45) is 5.92 Å². The Morgan fingerprint density at radius 1 is 1.28 bits per heavy atom. The molecule has 1 heterocycles. The third-order valence-corrected chi connectivity index (χ3v) is 3.33. The summed E-state index contributed by atoms with van der Waals surface area (Å²) in [5, 5.41) is 3.49. The Balaban J connectivity index is 2.04. The number of benzene rings is 1. The van der Waals surface area contributed by atoms with Gasteiger partial charge in [0.05, 0.1) is 6.20 Å². The number of hydrogen-bond donors (Lipinski definition) is 1. The molecule has 0 radical (unpaired) electrons. The molecule has 3 nitrogen and oxygen atoms in total. The summed E-state index contributed by atoms with van der Waals surface area (Å²) in [6.45, 7) is 5.49. The predicted octanol–water partition coefficient (Wildman–Crippen LogP) is 4.19. The van der Waals surface area contributed by atoms with E-state index in [2.05, 4.69) is 36.3 Å². The summed E-state index contributed by atoms with van der Waals surface area (Å²) >= 11 is 0. The van der Waals surface area contributed by atoms with E-state index in [1.165, 1.54) is 19.2 Å². The first kappa shape index (κ1) is 12.7. The summed E-state index contributed by atoms with van der Waals surface area (Å²) in [5.74, 6) is 1.54. The molecule has 2 rings (SSSR count). The van der Waals surface area contributed by atoms with Gasteiger partial charge in [-0.1, -0.05) is 38.8 Å². The van der Waals surface area contributed by atoms with Crippen LogP contribution in [0.2, 0.25) is 0 Å². The lowest BCUT2D eigenvalue weighted by atomic mass is 10.0. The van der Waals surface area contributed by atoms with Gasteiger partial charge in [0.1, 0.15) is 0 Å². The summed E-state index contributed by atoms with van der Waals surface area (Å²) in [7, 11) is 0. The van der Waals surface area contributed by atoms with Crippen LogP contribution < -0.4 is 5.32 Å². The summed E-state index contributed by atoms with van der Waals surface area (Å²) in [4.78, 5) is 3.94. The SMILES string of the molecule is CCC(CC)CNc1cccc(-c2cnco2)c1. The first-order valence-electron chi connectivity index (χ1n) is 6.56. The molecule has 0 unspecified atom stereocenters. The summed E-state index contributed by atoms with van der Waals surface area (Å²) in [6.07, 6.45) is 5.62. The molecule has 2 aromatic rings. The van der Waals surface area contributed by atoms with Gasteiger partial charge in [-0.3, -0.25) is 0 Å². The van der Waals surface area contributed by atoms with E-state index >= 15 is 0 Å². The average molecular weight is 244 g/mol. The van der Waals surface area contributed by atoms with Crippen molar-refractivity contribution in [3.05, 3.63) is 36.9 Å². The third-order valence-electron chi connectivity index (χ3n) is 3.33. The summed E-state index contributed by atoms with van der Waals surface area (Å²) in [5.41, 5.74) is 2.19. The van der Waals surface area contributed by atoms with E-state index in [1.54, 1.807) is 6.20 Å². The van der Waals surface area contributed by atoms with Gasteiger partial charge in [0.25, 0.3) is 0 Å². The third kappa shape index (κ3) is 3.13. The molecule has 3 heteroatoms. The number of anilines is 1. The van der Waals surface area contributed by atoms with Crippen LogP contribution in [0.4, 0.5) is 5.69 Å². The van der Waals surface area contributed by atoms with Crippen molar-refractivity contribution in [1.29, 1.82) is 0 Å². The number of nitrogens with one attached hydrogen (secondary N) is 1. The van der Waals surface area contributed by atoms with Crippen molar-refractivity contribution in [3.8, 4) is 11.3 Å². The lowest BCUT2D eigenvalue weighted by Gasteiger charge is -2.14. The Hall–Kier alpha value is -1.77. The van der Waals surface area contributed by atoms with Crippen LogP contribution in [0.1, 0.15) is 26.7 Å². The van der Waals surface area contributed by atoms with E-state index in [9.17, 15) is 0 Å². The zero-order valence-electron chi connectivity index (χ0n) is 11.0. The fourth-order valence-electron chi connectivity index (χ4n) is 1.98. The molecule has 1 aromatic heterocycles. The smallest absolute Gasteiger partial charge is 0.181 e. The molecule has 0 amide bonds. The monoisotopic (exact) mass is 244 g/mol. The van der Waals surface area contributed by atoms with E-state index < -0.39 is 0 Å². The van der Waals surface area contributed by atoms with Crippen LogP contribution in [0.25, 0.3) is 11.3 Å². The predicted molar refractivity (Wildman–Crippen MR) is 74.5 cm³/mol. The lowest BCUT2D eigenvalue weighted by molar-refractivity contribution is 0.519. The van der Waals surface area contributed by atoms with Gasteiger partial charge in [-0.15, -0.1) is 0 Å². The number of nitrogens with zero attached hydrogens (tertiary/aromatic N) is 1. The molecule has 18 heavy (non-hydrogen) atoms. The first-order chi connectivity index (χ1) is 8.83. The van der Waals surface area contributed by atoms with Crippen LogP contribution in [0, 0.1) is 5.92 Å². The second-order valence-electron chi connectivity index (χ2n) is 4.51. The zero-order valence-corrected chi connectivity index (χ0v) is 11.0. The second kappa shape index (κ2) is 6.24. The van der Waals surface area contributed by atoms with E-state index in [1.807, 2.05) is 12.1 Å². The van der Waals surface area contributed by atoms with Crippen molar-refractivity contribution >= 4 is 5.69 Å². The van der Waals surface area contributed by atoms with Crippen LogP contribution in [0.5, 0.6) is 0 Å². The maximum absolute atomic E-state index is 5.30. The highest BCUT2D eigenvalue weighted by Crippen LogP contribution is 2.22. The van der Waals surface area contributed by atoms with Gasteiger partial charge >= 0.3 is 0 Å². The van der Waals surface area contributed by atoms with Crippen molar-refractivity contribution in [2.75, 3.05) is 11.9 Å². The molecular formula is C15H20N2O. The molecule has 1 aromatic carbocycles. The Morgan fingerprint density at radius 2 is 2.11 bits per heavy atom. The van der Waals surface area contributed by atoms with Crippen LogP contribution in [0.3, 0.4) is 0 Å². The van der Waals surface area contributed by atoms with E-state index in [4.69, 9.17) is 4.42 Å². The molecule has 0 saturated carbocycles. The largest absolute Gasteiger partial charge is 0.444 e. The topological polar surface area (TPSA) is 38.1 Å². The van der Waals surface area contributed by atoms with Gasteiger partial charge in [0.15, 0.2) is 12.2 Å². The standard InChI is InChI=1S/C15H20N2O/c1-3-12(4-2)9-17-14-7-5-6-13(8-14)15-10-16-11-18-15/h5-8,10-12,17H,3-4,9H2,1-2H3. The maximum Gasteiger partial charge on any atom is 0.181 e. The molecule has 0 spiro atoms. The summed E-state index contributed by atoms with van der Waals surface area (Å²) < 4.78 is 5.30. The zero-order chi connectivity index (χ0) is 12.8. The van der Waals surface area contributed by atoms with Crippen molar-refractivity contribution in [3.63, 3.8) is 0 Å². The molecule has 0 fully saturated rings. The van der Waals surface area contributed by atoms with E-state index in [-0.39, 0.29) is 0 Å². The Kier molecular flexibility index (Phi) is 4.40. The van der Waals surface area contributed by atoms with E-state index in [0.29, 0.717) is 0 Å². The Morgan fingerprint density at radius 3 is 2.78 bits per heavy atom. The Labute approximate surface area is 108 Å². The number of aromatic nitrogens is 1. The molecule has 0 aliphatic carbocycles. The number of hydrogen-bond acceptors (Lipinski definition) is 3. The number of oxazole rings is 1. The maximum atomic E-state index is 5.30. The van der Waals surface area contributed by atoms with Gasteiger partial charge < -0.3 is 9.73 Å². The highest BCUT2D eigenvalue weighted by Gasteiger charge is 2.05. The minimum absolute atomic E-state index is 0.735. The van der Waals surface area contributed by atoms with Gasteiger partial charge in [-0.2, -0.15) is 0 Å². The molecule has 1 N–H and O–H groups in total. The lowest BCUT2D eigenvalue weighted by Crippen LogP contribution is -2.12. The van der Waals surface area contributed by atoms with E-state index in [0.717, 1.165) is 29.5 Å². The highest BCUT2D eigenvalue weighted by atomic mass is 16.3. The molecular weight excluding hydrogens is 224 g/mol. The van der Waals surface area contributed by atoms with Crippen molar-refractivity contribution in [1.82, 2.24) is 4.98 Å². The minimum Gasteiger partial charge on any atom is -0.444 e. The van der Waals surface area contributed by atoms with Crippen LogP contribution in [-0.4, -0.2) is 11.5 Å². The normalized spacial score (nSPS) is 10.8. The quantitative estimate of drug-likeness (QED) is 0.828. The van der Waals surface area contributed by atoms with Crippen molar-refractivity contribution in [2.45, 2.75) is 26.7 Å². The molecule has 0 aliphatic rings. The number of rotatable bonds is 6. The van der Waals surface area contributed by atoms with Gasteiger partial charge in [0, 0.05) is 17.8 Å². The fourth-order valence-corrected chi connectivity index (χ4v) is 1.98. The van der Waals surface area contributed by atoms with Crippen LogP contribution in [0.15, 0.2) is 41.3 Å². The molecule has 0 atom stereocenters. The average Bonchev–Trinajstić information content (AvgIpc) is 2.94. The highest BCUT2D eigenvalue weighted by molar-refractivity contribution is 5.63. The van der Waals surface area contributed by atoms with Crippen LogP contribution >= 0.6 is 0 Å². The molecule has 0 bridgehead atoms. The summed E-state index contributed by atoms with van der Waals surface area (Å²) in [6, 6.07) is 8.25. The molecule has 0 aliphatic heterocycles. The van der Waals surface area contributed by atoms with Gasteiger partial charge in [-0.05, 0) is 18.1 Å². The first-order valence-corrected chi connectivity index (χ1v) is 6.56. The Bertz CT molecular complexity index is 461. The van der Waals surface area contributed by atoms with Crippen molar-refractivity contribution < 1.29 is 4.42 Å². The van der Waals surface area contributed by atoms with Gasteiger partial charge in [-0.25, -0.2) is 4.98 Å². The minimum atomic E-state index is 0.735. The van der Waals surface area contributed by atoms with Gasteiger partial charge in [0.2, 0.25) is 0 Å². The molecule has 0 saturated heterocycles. The second-order valence-corrected chi connectivity index (χ2v) is 4.51. The fraction of sp³-hybridized carbons (Fsp3) is 0.400.